The molecule has 2 rings (SSSR count). The quantitative estimate of drug-likeness (QED) is 0.641. The fourth-order valence-electron chi connectivity index (χ4n) is 3.45. The van der Waals surface area contributed by atoms with E-state index in [1.165, 1.54) is 0 Å². The lowest BCUT2D eigenvalue weighted by Gasteiger charge is -2.35. The highest BCUT2D eigenvalue weighted by atomic mass is 32.2. The molecule has 26 heavy (non-hydrogen) atoms. The molecule has 9 heteroatoms. The molecule has 0 bridgehead atoms. The molecular weight excluding hydrogens is 356 g/mol. The smallest absolute Gasteiger partial charge is 0.234 e. The number of rotatable bonds is 5. The zero-order valence-corrected chi connectivity index (χ0v) is 17.1. The van der Waals surface area contributed by atoms with Gasteiger partial charge in [-0.25, -0.2) is 8.42 Å². The van der Waals surface area contributed by atoms with E-state index in [4.69, 9.17) is 0 Å². The van der Waals surface area contributed by atoms with Crippen molar-refractivity contribution in [3.8, 4) is 0 Å². The van der Waals surface area contributed by atoms with Crippen LogP contribution in [0.25, 0.3) is 0 Å². The van der Waals surface area contributed by atoms with Crippen LogP contribution in [0, 0.1) is 0 Å². The van der Waals surface area contributed by atoms with E-state index >= 15 is 0 Å². The third kappa shape index (κ3) is 6.85. The molecule has 0 saturated carbocycles. The minimum atomic E-state index is -3.04. The second-order valence-corrected chi connectivity index (χ2v) is 11.0. The Morgan fingerprint density at radius 1 is 1.00 bits per heavy atom. The average Bonchev–Trinajstić information content (AvgIpc) is 2.72. The Morgan fingerprint density at radius 2 is 1.50 bits per heavy atom. The molecule has 2 aliphatic heterocycles. The molecule has 2 amide bonds. The van der Waals surface area contributed by atoms with Crippen molar-refractivity contribution < 1.29 is 18.0 Å². The first-order chi connectivity index (χ1) is 11.9. The van der Waals surface area contributed by atoms with Crippen LogP contribution in [0.1, 0.15) is 34.1 Å². The van der Waals surface area contributed by atoms with Crippen molar-refractivity contribution in [2.75, 3.05) is 50.8 Å². The van der Waals surface area contributed by atoms with Crippen molar-refractivity contribution in [2.45, 2.75) is 45.2 Å². The molecule has 0 spiro atoms. The number of sulfone groups is 1. The molecule has 0 aromatic heterocycles. The topological polar surface area (TPSA) is 98.8 Å². The van der Waals surface area contributed by atoms with E-state index in [9.17, 15) is 18.0 Å². The predicted octanol–water partition coefficient (Wildman–Crippen LogP) is -0.788. The molecule has 2 fully saturated rings. The molecule has 2 saturated heterocycles. The van der Waals surface area contributed by atoms with Gasteiger partial charge in [-0.05, 0) is 34.1 Å². The number of nitrogens with one attached hydrogen (secondary N) is 2. The fourth-order valence-corrected chi connectivity index (χ4v) is 5.55. The van der Waals surface area contributed by atoms with Gasteiger partial charge >= 0.3 is 0 Å². The molecule has 0 aliphatic carbocycles. The Balaban J connectivity index is 1.71. The van der Waals surface area contributed by atoms with E-state index in [1.54, 1.807) is 6.92 Å². The molecule has 0 radical (unpaired) electrons. The van der Waals surface area contributed by atoms with E-state index in [1.807, 2.05) is 25.7 Å². The zero-order chi connectivity index (χ0) is 19.6. The van der Waals surface area contributed by atoms with Gasteiger partial charge in [0.05, 0.1) is 30.1 Å². The first-order valence-electron chi connectivity index (χ1n) is 9.13. The highest BCUT2D eigenvalue weighted by Gasteiger charge is 2.39. The van der Waals surface area contributed by atoms with Gasteiger partial charge in [0.25, 0.3) is 0 Å². The van der Waals surface area contributed by atoms with Crippen LogP contribution in [-0.2, 0) is 19.4 Å². The van der Waals surface area contributed by atoms with E-state index in [-0.39, 0.29) is 35.4 Å². The number of carbonyl (C=O) groups excluding carboxylic acids is 2. The molecule has 2 aliphatic rings. The van der Waals surface area contributed by atoms with Crippen LogP contribution in [0.2, 0.25) is 0 Å². The molecule has 0 aromatic rings. The average molecular weight is 389 g/mol. The number of hydrogen-bond acceptors (Lipinski definition) is 6. The third-order valence-corrected chi connectivity index (χ3v) is 6.56. The Morgan fingerprint density at radius 3 is 1.92 bits per heavy atom. The number of hydrogen-bond donors (Lipinski definition) is 2. The third-order valence-electron chi connectivity index (χ3n) is 4.66. The summed E-state index contributed by atoms with van der Waals surface area (Å²) < 4.78 is 23.3. The summed E-state index contributed by atoms with van der Waals surface area (Å²) in [5.74, 6) is 0.0317. The lowest BCUT2D eigenvalue weighted by molar-refractivity contribution is -0.126. The standard InChI is InChI=1S/C17H32N4O4S/c1-16(2,3)18-14(22)11-20-6-8-21(9-7-20)12-15(23)19-17(4)5-10-26(24,25)13-17/h5-13H2,1-4H3,(H,18,22)(H,19,23). The van der Waals surface area contributed by atoms with Crippen LogP contribution < -0.4 is 10.6 Å². The van der Waals surface area contributed by atoms with Crippen LogP contribution in [-0.4, -0.2) is 91.9 Å². The molecular formula is C17H32N4O4S. The Kier molecular flexibility index (Phi) is 6.35. The number of carbonyl (C=O) groups is 2. The number of piperazine rings is 1. The summed E-state index contributed by atoms with van der Waals surface area (Å²) in [6.45, 7) is 11.2. The van der Waals surface area contributed by atoms with Gasteiger partial charge in [0.2, 0.25) is 11.8 Å². The molecule has 150 valence electrons. The van der Waals surface area contributed by atoms with Gasteiger partial charge in [-0.3, -0.25) is 19.4 Å². The normalized spacial score (nSPS) is 27.2. The number of nitrogens with zero attached hydrogens (tertiary/aromatic N) is 2. The second kappa shape index (κ2) is 7.82. The van der Waals surface area contributed by atoms with Gasteiger partial charge in [0.15, 0.2) is 9.84 Å². The Bertz CT molecular complexity index is 636. The zero-order valence-electron chi connectivity index (χ0n) is 16.3. The highest BCUT2D eigenvalue weighted by Crippen LogP contribution is 2.22. The number of amides is 2. The van der Waals surface area contributed by atoms with Crippen LogP contribution in [0.5, 0.6) is 0 Å². The first-order valence-corrected chi connectivity index (χ1v) is 11.0. The SMILES string of the molecule is CC(C)(C)NC(=O)CN1CCN(CC(=O)NC2(C)CCS(=O)(=O)C2)CC1. The van der Waals surface area contributed by atoms with Gasteiger partial charge < -0.3 is 10.6 Å². The Labute approximate surface area is 156 Å². The van der Waals surface area contributed by atoms with Crippen molar-refractivity contribution in [2.24, 2.45) is 0 Å². The Hall–Kier alpha value is -1.19. The summed E-state index contributed by atoms with van der Waals surface area (Å²) >= 11 is 0. The lowest BCUT2D eigenvalue weighted by atomic mass is 10.0. The largest absolute Gasteiger partial charge is 0.350 e. The van der Waals surface area contributed by atoms with E-state index in [2.05, 4.69) is 15.5 Å². The first kappa shape index (κ1) is 21.1. The maximum atomic E-state index is 12.3. The van der Waals surface area contributed by atoms with Crippen molar-refractivity contribution in [1.29, 1.82) is 0 Å². The fraction of sp³-hybridized carbons (Fsp3) is 0.882. The summed E-state index contributed by atoms with van der Waals surface area (Å²) in [6.07, 6.45) is 0.470. The van der Waals surface area contributed by atoms with Crippen LogP contribution in [0.4, 0.5) is 0 Å². The molecule has 1 atom stereocenters. The van der Waals surface area contributed by atoms with Gasteiger partial charge in [-0.1, -0.05) is 0 Å². The van der Waals surface area contributed by atoms with Crippen LogP contribution in [0.15, 0.2) is 0 Å². The summed E-state index contributed by atoms with van der Waals surface area (Å²) in [7, 11) is -3.04. The van der Waals surface area contributed by atoms with Gasteiger partial charge in [-0.15, -0.1) is 0 Å². The minimum Gasteiger partial charge on any atom is -0.350 e. The summed E-state index contributed by atoms with van der Waals surface area (Å²) in [5, 5.41) is 5.84. The maximum absolute atomic E-state index is 12.3. The van der Waals surface area contributed by atoms with E-state index < -0.39 is 15.4 Å². The van der Waals surface area contributed by atoms with Crippen molar-refractivity contribution in [3.63, 3.8) is 0 Å². The monoisotopic (exact) mass is 388 g/mol. The van der Waals surface area contributed by atoms with Gasteiger partial charge in [-0.2, -0.15) is 0 Å². The molecule has 8 nitrogen and oxygen atoms in total. The van der Waals surface area contributed by atoms with E-state index in [0.29, 0.717) is 26.1 Å². The minimum absolute atomic E-state index is 0.0130. The molecule has 2 heterocycles. The predicted molar refractivity (Wildman–Crippen MR) is 101 cm³/mol. The van der Waals surface area contributed by atoms with Gasteiger partial charge in [0, 0.05) is 31.7 Å². The lowest BCUT2D eigenvalue weighted by Crippen LogP contribution is -2.55. The van der Waals surface area contributed by atoms with Crippen molar-refractivity contribution in [3.05, 3.63) is 0 Å². The molecule has 0 aromatic carbocycles. The molecule has 2 N–H and O–H groups in total. The maximum Gasteiger partial charge on any atom is 0.234 e. The van der Waals surface area contributed by atoms with Crippen molar-refractivity contribution in [1.82, 2.24) is 20.4 Å². The summed E-state index contributed by atoms with van der Waals surface area (Å²) in [6, 6.07) is 0. The molecule has 1 unspecified atom stereocenters. The van der Waals surface area contributed by atoms with Crippen molar-refractivity contribution >= 4 is 21.7 Å². The van der Waals surface area contributed by atoms with E-state index in [0.717, 1.165) is 13.1 Å². The summed E-state index contributed by atoms with van der Waals surface area (Å²) in [4.78, 5) is 28.4. The van der Waals surface area contributed by atoms with Crippen LogP contribution >= 0.6 is 0 Å². The second-order valence-electron chi connectivity index (χ2n) is 8.80. The van der Waals surface area contributed by atoms with Gasteiger partial charge in [0.1, 0.15) is 0 Å². The summed E-state index contributed by atoms with van der Waals surface area (Å²) in [5.41, 5.74) is -0.885. The highest BCUT2D eigenvalue weighted by molar-refractivity contribution is 7.91. The van der Waals surface area contributed by atoms with Crippen LogP contribution in [0.3, 0.4) is 0 Å².